The summed E-state index contributed by atoms with van der Waals surface area (Å²) in [6, 6.07) is 18.7. The van der Waals surface area contributed by atoms with Crippen molar-refractivity contribution < 1.29 is 9.53 Å². The fourth-order valence-corrected chi connectivity index (χ4v) is 4.15. The van der Waals surface area contributed by atoms with Crippen molar-refractivity contribution in [1.29, 1.82) is 0 Å². The summed E-state index contributed by atoms with van der Waals surface area (Å²) in [5.41, 5.74) is 1.77. The Morgan fingerprint density at radius 3 is 2.47 bits per heavy atom. The van der Waals surface area contributed by atoms with Gasteiger partial charge in [0.25, 0.3) is 0 Å². The van der Waals surface area contributed by atoms with Crippen LogP contribution >= 0.6 is 0 Å². The van der Waals surface area contributed by atoms with E-state index in [-0.39, 0.29) is 11.5 Å². The highest BCUT2D eigenvalue weighted by Gasteiger charge is 2.38. The molecular formula is C24H30N4O2. The number of carbonyl (C=O) groups is 1. The minimum absolute atomic E-state index is 0.0696. The maximum atomic E-state index is 12.5. The van der Waals surface area contributed by atoms with E-state index in [1.165, 1.54) is 5.56 Å². The van der Waals surface area contributed by atoms with Crippen LogP contribution in [0.2, 0.25) is 0 Å². The number of carbonyl (C=O) groups excluding carboxylic acids is 1. The maximum absolute atomic E-state index is 12.5. The minimum atomic E-state index is -0.479. The van der Waals surface area contributed by atoms with Gasteiger partial charge in [0.1, 0.15) is 5.60 Å². The van der Waals surface area contributed by atoms with Crippen molar-refractivity contribution in [3.05, 3.63) is 60.2 Å². The molecule has 1 amide bonds. The van der Waals surface area contributed by atoms with Gasteiger partial charge in [0.2, 0.25) is 0 Å². The molecule has 1 aromatic heterocycles. The lowest BCUT2D eigenvalue weighted by atomic mass is 9.72. The fourth-order valence-electron chi connectivity index (χ4n) is 4.15. The van der Waals surface area contributed by atoms with Gasteiger partial charge in [-0.15, -0.1) is 0 Å². The van der Waals surface area contributed by atoms with Gasteiger partial charge >= 0.3 is 6.09 Å². The third-order valence-electron chi connectivity index (χ3n) is 5.82. The number of fused-ring (bicyclic) bond motifs is 1. The zero-order valence-electron chi connectivity index (χ0n) is 17.9. The normalized spacial score (nSPS) is 16.4. The molecule has 1 aliphatic rings. The number of piperidine rings is 1. The number of nitrogens with zero attached hydrogens (tertiary/aromatic N) is 2. The number of rotatable bonds is 4. The van der Waals surface area contributed by atoms with Crippen molar-refractivity contribution in [1.82, 2.24) is 15.1 Å². The molecule has 4 rings (SSSR count). The molecule has 2 aromatic carbocycles. The summed E-state index contributed by atoms with van der Waals surface area (Å²) in [7, 11) is 0. The largest absolute Gasteiger partial charge is 0.444 e. The lowest BCUT2D eigenvalue weighted by Crippen LogP contribution is -2.49. The Morgan fingerprint density at radius 1 is 1.10 bits per heavy atom. The molecule has 0 radical (unpaired) electrons. The van der Waals surface area contributed by atoms with E-state index in [1.807, 2.05) is 49.9 Å². The second kappa shape index (κ2) is 8.01. The van der Waals surface area contributed by atoms with Crippen LogP contribution in [0.25, 0.3) is 10.9 Å². The summed E-state index contributed by atoms with van der Waals surface area (Å²) in [5, 5.41) is 12.2. The lowest BCUT2D eigenvalue weighted by molar-refractivity contribution is 0.0169. The van der Waals surface area contributed by atoms with Gasteiger partial charge in [0, 0.05) is 30.4 Å². The Morgan fingerprint density at radius 2 is 1.77 bits per heavy atom. The van der Waals surface area contributed by atoms with Crippen molar-refractivity contribution in [3.8, 4) is 0 Å². The first-order valence-corrected chi connectivity index (χ1v) is 10.6. The second-order valence-corrected chi connectivity index (χ2v) is 9.09. The van der Waals surface area contributed by atoms with Crippen LogP contribution < -0.4 is 5.32 Å². The summed E-state index contributed by atoms with van der Waals surface area (Å²) < 4.78 is 5.58. The molecular weight excluding hydrogens is 376 g/mol. The van der Waals surface area contributed by atoms with Gasteiger partial charge < -0.3 is 15.0 Å². The molecule has 0 spiro atoms. The van der Waals surface area contributed by atoms with Gasteiger partial charge in [0.05, 0.1) is 5.52 Å². The number of anilines is 1. The van der Waals surface area contributed by atoms with Crippen LogP contribution in [0, 0.1) is 0 Å². The lowest BCUT2D eigenvalue weighted by Gasteiger charge is -2.42. The predicted molar refractivity (Wildman–Crippen MR) is 120 cm³/mol. The first kappa shape index (κ1) is 20.3. The molecule has 6 heteroatoms. The molecule has 1 saturated heterocycles. The highest BCUT2D eigenvalue weighted by atomic mass is 16.6. The first-order valence-electron chi connectivity index (χ1n) is 10.6. The molecule has 0 bridgehead atoms. The number of benzene rings is 2. The fraction of sp³-hybridized carbons (Fsp3) is 0.417. The maximum Gasteiger partial charge on any atom is 0.410 e. The Kier molecular flexibility index (Phi) is 5.41. The quantitative estimate of drug-likeness (QED) is 0.644. The minimum Gasteiger partial charge on any atom is -0.444 e. The Balaban J connectivity index is 1.52. The van der Waals surface area contributed by atoms with Crippen molar-refractivity contribution in [2.75, 3.05) is 25.0 Å². The van der Waals surface area contributed by atoms with E-state index in [9.17, 15) is 4.79 Å². The molecule has 1 fully saturated rings. The molecule has 2 N–H and O–H groups in total. The Bertz CT molecular complexity index is 999. The van der Waals surface area contributed by atoms with Gasteiger partial charge in [-0.25, -0.2) is 4.79 Å². The molecule has 0 atom stereocenters. The summed E-state index contributed by atoms with van der Waals surface area (Å²) in [6.07, 6.45) is 1.51. The molecule has 0 unspecified atom stereocenters. The van der Waals surface area contributed by atoms with Crippen LogP contribution in [0.15, 0.2) is 54.6 Å². The van der Waals surface area contributed by atoms with Gasteiger partial charge in [-0.05, 0) is 51.3 Å². The number of likely N-dealkylation sites (tertiary alicyclic amines) is 1. The van der Waals surface area contributed by atoms with Crippen molar-refractivity contribution >= 4 is 22.8 Å². The molecule has 1 aliphatic heterocycles. The third kappa shape index (κ3) is 4.27. The predicted octanol–water partition coefficient (Wildman–Crippen LogP) is 4.94. The Hall–Kier alpha value is -3.02. The van der Waals surface area contributed by atoms with E-state index in [2.05, 4.69) is 45.8 Å². The van der Waals surface area contributed by atoms with Gasteiger partial charge in [-0.1, -0.05) is 42.5 Å². The Labute approximate surface area is 177 Å². The summed E-state index contributed by atoms with van der Waals surface area (Å²) in [6.45, 7) is 7.82. The molecule has 158 valence electrons. The average Bonchev–Trinajstić information content (AvgIpc) is 3.15. The zero-order chi connectivity index (χ0) is 21.2. The number of para-hydroxylation sites is 1. The molecule has 6 nitrogen and oxygen atoms in total. The number of amides is 1. The van der Waals surface area contributed by atoms with Crippen LogP contribution in [0.1, 0.15) is 39.2 Å². The van der Waals surface area contributed by atoms with Gasteiger partial charge in [-0.2, -0.15) is 5.10 Å². The summed E-state index contributed by atoms with van der Waals surface area (Å²) >= 11 is 0. The van der Waals surface area contributed by atoms with Crippen LogP contribution in [0.5, 0.6) is 0 Å². The topological polar surface area (TPSA) is 70.2 Å². The number of aromatic amines is 1. The number of aromatic nitrogens is 2. The number of nitrogens with one attached hydrogen (secondary N) is 2. The molecule has 2 heterocycles. The van der Waals surface area contributed by atoms with E-state index in [0.29, 0.717) is 13.1 Å². The van der Waals surface area contributed by atoms with E-state index >= 15 is 0 Å². The van der Waals surface area contributed by atoms with Crippen LogP contribution in [0.4, 0.5) is 10.6 Å². The van der Waals surface area contributed by atoms with Crippen molar-refractivity contribution in [3.63, 3.8) is 0 Å². The number of hydrogen-bond donors (Lipinski definition) is 2. The molecule has 0 aliphatic carbocycles. The molecule has 30 heavy (non-hydrogen) atoms. The molecule has 0 saturated carbocycles. The summed E-state index contributed by atoms with van der Waals surface area (Å²) in [4.78, 5) is 14.4. The van der Waals surface area contributed by atoms with Crippen LogP contribution in [0.3, 0.4) is 0 Å². The van der Waals surface area contributed by atoms with E-state index in [4.69, 9.17) is 4.74 Å². The van der Waals surface area contributed by atoms with Crippen LogP contribution in [-0.4, -0.2) is 46.4 Å². The van der Waals surface area contributed by atoms with E-state index in [0.717, 1.165) is 36.1 Å². The van der Waals surface area contributed by atoms with Crippen LogP contribution in [-0.2, 0) is 10.2 Å². The van der Waals surface area contributed by atoms with Crippen molar-refractivity contribution in [2.24, 2.45) is 0 Å². The van der Waals surface area contributed by atoms with E-state index in [1.54, 1.807) is 0 Å². The third-order valence-corrected chi connectivity index (χ3v) is 5.82. The molecule has 3 aromatic rings. The van der Waals surface area contributed by atoms with Gasteiger partial charge in [-0.3, -0.25) is 5.10 Å². The smallest absolute Gasteiger partial charge is 0.410 e. The highest BCUT2D eigenvalue weighted by Crippen LogP contribution is 2.36. The average molecular weight is 407 g/mol. The first-order chi connectivity index (χ1) is 14.4. The number of hydrogen-bond acceptors (Lipinski definition) is 4. The number of ether oxygens (including phenoxy) is 1. The standard InChI is InChI=1S/C24H30N4O2/c1-23(2,3)30-22(29)28-15-13-24(14-16-28,18-9-5-4-6-10-18)17-25-21-19-11-7-8-12-20(19)26-27-21/h4-12H,13-17H2,1-3H3,(H2,25,26,27). The van der Waals surface area contributed by atoms with E-state index < -0.39 is 5.60 Å². The second-order valence-electron chi connectivity index (χ2n) is 9.09. The SMILES string of the molecule is CC(C)(C)OC(=O)N1CCC(CNc2n[nH]c3ccccc23)(c2ccccc2)CC1. The number of H-pyrrole nitrogens is 1. The van der Waals surface area contributed by atoms with Crippen molar-refractivity contribution in [2.45, 2.75) is 44.6 Å². The van der Waals surface area contributed by atoms with Gasteiger partial charge in [0.15, 0.2) is 5.82 Å². The monoisotopic (exact) mass is 406 g/mol. The highest BCUT2D eigenvalue weighted by molar-refractivity contribution is 5.89. The zero-order valence-corrected chi connectivity index (χ0v) is 17.9. The summed E-state index contributed by atoms with van der Waals surface area (Å²) in [5.74, 6) is 0.871.